The van der Waals surface area contributed by atoms with Crippen LogP contribution in [0.4, 0.5) is 22.7 Å². The van der Waals surface area contributed by atoms with Gasteiger partial charge in [0.2, 0.25) is 0 Å². The van der Waals surface area contributed by atoms with E-state index in [1.807, 2.05) is 42.5 Å². The molecule has 3 aromatic rings. The standard InChI is InChI=1S/C19H17N3O3S.Na/c1-14-7-8-18(13-19(14)26(23,24)25)22-21-17-11-9-16(10-12-17)20-15-5-3-2-4-6-15;/h2-13,20H,1H3,(H,23,24,25);/q;+1/p-1. The first-order chi connectivity index (χ1) is 12.4. The minimum absolute atomic E-state index is 0. The number of benzene rings is 3. The van der Waals surface area contributed by atoms with Crippen molar-refractivity contribution in [3.05, 3.63) is 78.4 Å². The van der Waals surface area contributed by atoms with Crippen LogP contribution in [0.1, 0.15) is 5.56 Å². The van der Waals surface area contributed by atoms with Gasteiger partial charge in [-0.3, -0.25) is 0 Å². The molecule has 0 aliphatic carbocycles. The van der Waals surface area contributed by atoms with Gasteiger partial charge in [-0.15, -0.1) is 0 Å². The van der Waals surface area contributed by atoms with Gasteiger partial charge in [0.05, 0.1) is 16.3 Å². The van der Waals surface area contributed by atoms with Crippen molar-refractivity contribution < 1.29 is 42.5 Å². The normalized spacial score (nSPS) is 11.2. The average Bonchev–Trinajstić information content (AvgIpc) is 2.62. The smallest absolute Gasteiger partial charge is 0.744 e. The average molecular weight is 389 g/mol. The molecule has 0 saturated heterocycles. The zero-order chi connectivity index (χ0) is 18.6. The van der Waals surface area contributed by atoms with Crippen molar-refractivity contribution in [2.45, 2.75) is 11.8 Å². The maximum absolute atomic E-state index is 11.2. The Morgan fingerprint density at radius 1 is 0.815 bits per heavy atom. The molecule has 8 heteroatoms. The van der Waals surface area contributed by atoms with Crippen LogP contribution in [0.3, 0.4) is 0 Å². The molecule has 3 aromatic carbocycles. The minimum Gasteiger partial charge on any atom is -0.744 e. The topological polar surface area (TPSA) is 94.0 Å². The Morgan fingerprint density at radius 2 is 1.37 bits per heavy atom. The van der Waals surface area contributed by atoms with Crippen molar-refractivity contribution in [1.29, 1.82) is 0 Å². The number of hydrogen-bond acceptors (Lipinski definition) is 6. The van der Waals surface area contributed by atoms with Crippen LogP contribution in [-0.2, 0) is 10.1 Å². The van der Waals surface area contributed by atoms with Gasteiger partial charge in [-0.2, -0.15) is 10.2 Å². The van der Waals surface area contributed by atoms with E-state index >= 15 is 0 Å². The van der Waals surface area contributed by atoms with Crippen LogP contribution < -0.4 is 34.9 Å². The van der Waals surface area contributed by atoms with Gasteiger partial charge in [0, 0.05) is 11.4 Å². The van der Waals surface area contributed by atoms with Crippen molar-refractivity contribution in [2.24, 2.45) is 10.2 Å². The third-order valence-electron chi connectivity index (χ3n) is 3.65. The Bertz CT molecular complexity index is 1040. The fourth-order valence-corrected chi connectivity index (χ4v) is 3.06. The molecule has 0 aliphatic rings. The number of hydrogen-bond donors (Lipinski definition) is 1. The first-order valence-electron chi connectivity index (χ1n) is 7.82. The van der Waals surface area contributed by atoms with E-state index in [4.69, 9.17) is 0 Å². The molecule has 0 spiro atoms. The Morgan fingerprint density at radius 3 is 2.00 bits per heavy atom. The molecule has 1 N–H and O–H groups in total. The summed E-state index contributed by atoms with van der Waals surface area (Å²) in [6.45, 7) is 1.56. The second kappa shape index (κ2) is 9.25. The van der Waals surface area contributed by atoms with Crippen molar-refractivity contribution in [3.8, 4) is 0 Å². The van der Waals surface area contributed by atoms with Gasteiger partial charge in [-0.1, -0.05) is 24.3 Å². The van der Waals surface area contributed by atoms with E-state index < -0.39 is 10.1 Å². The first-order valence-corrected chi connectivity index (χ1v) is 9.23. The largest absolute Gasteiger partial charge is 1.00 e. The Kier molecular flexibility index (Phi) is 7.29. The summed E-state index contributed by atoms with van der Waals surface area (Å²) in [5.41, 5.74) is 3.18. The van der Waals surface area contributed by atoms with E-state index in [0.717, 1.165) is 11.4 Å². The van der Waals surface area contributed by atoms with Crippen molar-refractivity contribution in [2.75, 3.05) is 5.32 Å². The number of nitrogens with one attached hydrogen (secondary N) is 1. The second-order valence-corrected chi connectivity index (χ2v) is 6.99. The second-order valence-electron chi connectivity index (χ2n) is 5.64. The number of rotatable bonds is 5. The predicted molar refractivity (Wildman–Crippen MR) is 99.5 cm³/mol. The van der Waals surface area contributed by atoms with Crippen molar-refractivity contribution in [1.82, 2.24) is 0 Å². The Labute approximate surface area is 180 Å². The maximum atomic E-state index is 11.2. The van der Waals surface area contributed by atoms with E-state index in [1.165, 1.54) is 12.1 Å². The van der Waals surface area contributed by atoms with Crippen LogP contribution in [0, 0.1) is 6.92 Å². The summed E-state index contributed by atoms with van der Waals surface area (Å²) in [6.07, 6.45) is 0. The Balaban J connectivity index is 0.00000261. The molecule has 0 unspecified atom stereocenters. The molecule has 27 heavy (non-hydrogen) atoms. The molecule has 3 rings (SSSR count). The molecule has 0 atom stereocenters. The van der Waals surface area contributed by atoms with Crippen molar-refractivity contribution >= 4 is 32.9 Å². The quantitative estimate of drug-likeness (QED) is 0.411. The molecule has 132 valence electrons. The number of azo groups is 1. The van der Waals surface area contributed by atoms with E-state index in [-0.39, 0.29) is 34.5 Å². The van der Waals surface area contributed by atoms with Crippen LogP contribution in [0.2, 0.25) is 0 Å². The summed E-state index contributed by atoms with van der Waals surface area (Å²) in [5, 5.41) is 11.3. The van der Waals surface area contributed by atoms with E-state index in [0.29, 0.717) is 16.9 Å². The summed E-state index contributed by atoms with van der Waals surface area (Å²) in [6, 6.07) is 21.4. The third kappa shape index (κ3) is 5.98. The van der Waals surface area contributed by atoms with Crippen LogP contribution >= 0.6 is 0 Å². The number of para-hydroxylation sites is 1. The van der Waals surface area contributed by atoms with Gasteiger partial charge >= 0.3 is 29.6 Å². The van der Waals surface area contributed by atoms with Crippen LogP contribution in [0.15, 0.2) is 87.9 Å². The summed E-state index contributed by atoms with van der Waals surface area (Å²) >= 11 is 0. The molecule has 0 heterocycles. The molecule has 0 radical (unpaired) electrons. The molecular formula is C19H16N3NaO3S. The fraction of sp³-hybridized carbons (Fsp3) is 0.0526. The summed E-state index contributed by atoms with van der Waals surface area (Å²) < 4.78 is 33.7. The molecule has 0 aromatic heterocycles. The molecule has 0 amide bonds. The van der Waals surface area contributed by atoms with Crippen LogP contribution in [0.25, 0.3) is 0 Å². The SMILES string of the molecule is Cc1ccc(N=Nc2ccc(Nc3ccccc3)cc2)cc1S(=O)(=O)[O-].[Na+]. The number of nitrogens with zero attached hydrogens (tertiary/aromatic N) is 2. The molecule has 6 nitrogen and oxygen atoms in total. The molecule has 0 saturated carbocycles. The monoisotopic (exact) mass is 389 g/mol. The summed E-state index contributed by atoms with van der Waals surface area (Å²) in [7, 11) is -4.53. The van der Waals surface area contributed by atoms with E-state index in [2.05, 4.69) is 15.5 Å². The van der Waals surface area contributed by atoms with Crippen LogP contribution in [-0.4, -0.2) is 13.0 Å². The summed E-state index contributed by atoms with van der Waals surface area (Å²) in [5.74, 6) is 0. The first kappa shape index (κ1) is 21.3. The zero-order valence-corrected chi connectivity index (χ0v) is 17.8. The molecular weight excluding hydrogens is 373 g/mol. The third-order valence-corrected chi connectivity index (χ3v) is 4.63. The van der Waals surface area contributed by atoms with Gasteiger partial charge in [0.25, 0.3) is 0 Å². The number of aryl methyl sites for hydroxylation is 1. The zero-order valence-electron chi connectivity index (χ0n) is 15.0. The van der Waals surface area contributed by atoms with Gasteiger partial charge in [-0.25, -0.2) is 8.42 Å². The minimum atomic E-state index is -4.53. The molecule has 0 fully saturated rings. The van der Waals surface area contributed by atoms with E-state index in [1.54, 1.807) is 25.1 Å². The predicted octanol–water partition coefficient (Wildman–Crippen LogP) is 2.06. The van der Waals surface area contributed by atoms with E-state index in [9.17, 15) is 13.0 Å². The van der Waals surface area contributed by atoms with Gasteiger partial charge in [-0.05, 0) is 61.0 Å². The number of anilines is 2. The molecule has 0 aliphatic heterocycles. The van der Waals surface area contributed by atoms with Gasteiger partial charge in [0.1, 0.15) is 10.1 Å². The Hall–Kier alpha value is -2.03. The van der Waals surface area contributed by atoms with Gasteiger partial charge in [0.15, 0.2) is 0 Å². The van der Waals surface area contributed by atoms with Crippen LogP contribution in [0.5, 0.6) is 0 Å². The van der Waals surface area contributed by atoms with Gasteiger partial charge < -0.3 is 9.87 Å². The maximum Gasteiger partial charge on any atom is 1.00 e. The fourth-order valence-electron chi connectivity index (χ4n) is 2.34. The molecule has 0 bridgehead atoms. The summed E-state index contributed by atoms with van der Waals surface area (Å²) in [4.78, 5) is -0.281. The van der Waals surface area contributed by atoms with Crippen molar-refractivity contribution in [3.63, 3.8) is 0 Å².